The van der Waals surface area contributed by atoms with Crippen LogP contribution in [0.15, 0.2) is 48.5 Å². The van der Waals surface area contributed by atoms with Crippen LogP contribution in [0.1, 0.15) is 31.4 Å². The molecule has 2 aromatic rings. The van der Waals surface area contributed by atoms with E-state index in [1.807, 2.05) is 30.3 Å². The molecular formula is C19H22O4S. The monoisotopic (exact) mass is 346 g/mol. The molecule has 1 aliphatic heterocycles. The third kappa shape index (κ3) is 3.90. The van der Waals surface area contributed by atoms with Gasteiger partial charge in [0.25, 0.3) is 0 Å². The number of hydrogen-bond acceptors (Lipinski definition) is 4. The SMILES string of the molecule is CC1(C)COc2ccc(OS(=O)(=O)CCCc3ccccc3)cc21. The molecule has 0 spiro atoms. The standard InChI is InChI=1S/C19H22O4S/c1-19(2)14-22-18-11-10-16(13-17(18)19)23-24(20,21)12-6-9-15-7-4-3-5-8-15/h3-5,7-8,10-11,13H,6,9,12,14H2,1-2H3. The van der Waals surface area contributed by atoms with Gasteiger partial charge in [-0.05, 0) is 36.6 Å². The first kappa shape index (κ1) is 16.8. The minimum Gasteiger partial charge on any atom is -0.492 e. The minimum absolute atomic E-state index is 0.00112. The molecule has 0 amide bonds. The van der Waals surface area contributed by atoms with Crippen LogP contribution in [0.2, 0.25) is 0 Å². The van der Waals surface area contributed by atoms with E-state index in [1.165, 1.54) is 0 Å². The van der Waals surface area contributed by atoms with Crippen molar-refractivity contribution >= 4 is 10.1 Å². The first-order valence-corrected chi connectivity index (χ1v) is 9.67. The Labute approximate surface area is 143 Å². The molecule has 4 nitrogen and oxygen atoms in total. The largest absolute Gasteiger partial charge is 0.492 e. The molecule has 1 aliphatic rings. The van der Waals surface area contributed by atoms with Crippen LogP contribution in [0.3, 0.4) is 0 Å². The van der Waals surface area contributed by atoms with Crippen LogP contribution in [0.4, 0.5) is 0 Å². The molecule has 0 saturated heterocycles. The maximum absolute atomic E-state index is 12.2. The molecule has 0 saturated carbocycles. The zero-order valence-corrected chi connectivity index (χ0v) is 14.8. The Morgan fingerprint density at radius 1 is 1.12 bits per heavy atom. The molecule has 3 rings (SSSR count). The average Bonchev–Trinajstić information content (AvgIpc) is 2.83. The predicted octanol–water partition coefficient (Wildman–Crippen LogP) is 3.70. The fraction of sp³-hybridized carbons (Fsp3) is 0.368. The van der Waals surface area contributed by atoms with E-state index in [0.717, 1.165) is 16.9 Å². The number of aryl methyl sites for hydroxylation is 1. The summed E-state index contributed by atoms with van der Waals surface area (Å²) in [5.74, 6) is 1.15. The molecule has 0 N–H and O–H groups in total. The number of ether oxygens (including phenoxy) is 1. The molecule has 1 heterocycles. The summed E-state index contributed by atoms with van der Waals surface area (Å²) in [6, 6.07) is 15.0. The van der Waals surface area contributed by atoms with E-state index in [0.29, 0.717) is 25.2 Å². The normalized spacial score (nSPS) is 15.6. The lowest BCUT2D eigenvalue weighted by molar-refractivity contribution is 0.291. The highest BCUT2D eigenvalue weighted by atomic mass is 32.2. The highest BCUT2D eigenvalue weighted by Crippen LogP contribution is 2.40. The first-order chi connectivity index (χ1) is 11.4. The van der Waals surface area contributed by atoms with Crippen LogP contribution in [-0.4, -0.2) is 20.8 Å². The van der Waals surface area contributed by atoms with Crippen molar-refractivity contribution in [3.8, 4) is 11.5 Å². The third-order valence-electron chi connectivity index (χ3n) is 4.19. The maximum atomic E-state index is 12.2. The Morgan fingerprint density at radius 2 is 1.88 bits per heavy atom. The van der Waals surface area contributed by atoms with Crippen LogP contribution in [0.5, 0.6) is 11.5 Å². The van der Waals surface area contributed by atoms with Gasteiger partial charge >= 0.3 is 10.1 Å². The van der Waals surface area contributed by atoms with Gasteiger partial charge in [-0.1, -0.05) is 44.2 Å². The second-order valence-electron chi connectivity index (χ2n) is 6.76. The van der Waals surface area contributed by atoms with E-state index in [4.69, 9.17) is 8.92 Å². The van der Waals surface area contributed by atoms with Gasteiger partial charge < -0.3 is 8.92 Å². The molecule has 0 unspecified atom stereocenters. The molecule has 2 aromatic carbocycles. The van der Waals surface area contributed by atoms with Gasteiger partial charge in [-0.15, -0.1) is 0 Å². The summed E-state index contributed by atoms with van der Waals surface area (Å²) in [7, 11) is -3.60. The van der Waals surface area contributed by atoms with Crippen LogP contribution < -0.4 is 8.92 Å². The van der Waals surface area contributed by atoms with Crippen molar-refractivity contribution in [1.29, 1.82) is 0 Å². The summed E-state index contributed by atoms with van der Waals surface area (Å²) in [6.45, 7) is 4.73. The Kier molecular flexibility index (Phi) is 4.54. The average molecular weight is 346 g/mol. The summed E-state index contributed by atoms with van der Waals surface area (Å²) in [6.07, 6.45) is 1.25. The van der Waals surface area contributed by atoms with Gasteiger partial charge in [0, 0.05) is 11.0 Å². The van der Waals surface area contributed by atoms with Gasteiger partial charge in [0.15, 0.2) is 0 Å². The number of hydrogen-bond donors (Lipinski definition) is 0. The molecule has 24 heavy (non-hydrogen) atoms. The highest BCUT2D eigenvalue weighted by molar-refractivity contribution is 7.87. The Hall–Kier alpha value is -2.01. The van der Waals surface area contributed by atoms with E-state index >= 15 is 0 Å². The predicted molar refractivity (Wildman–Crippen MR) is 94.1 cm³/mol. The third-order valence-corrected chi connectivity index (χ3v) is 5.43. The van der Waals surface area contributed by atoms with Crippen molar-refractivity contribution in [2.75, 3.05) is 12.4 Å². The summed E-state index contributed by atoms with van der Waals surface area (Å²) in [4.78, 5) is 0. The topological polar surface area (TPSA) is 52.6 Å². The zero-order chi connectivity index (χ0) is 17.2. The lowest BCUT2D eigenvalue weighted by atomic mass is 9.87. The summed E-state index contributed by atoms with van der Waals surface area (Å²) in [5.41, 5.74) is 1.98. The molecule has 128 valence electrons. The second-order valence-corrected chi connectivity index (χ2v) is 8.46. The molecule has 0 aliphatic carbocycles. The molecule has 0 radical (unpaired) electrons. The number of rotatable bonds is 6. The summed E-state index contributed by atoms with van der Waals surface area (Å²) in [5, 5.41) is 0. The lowest BCUT2D eigenvalue weighted by Crippen LogP contribution is -2.18. The van der Waals surface area contributed by atoms with Crippen LogP contribution in [0.25, 0.3) is 0 Å². The van der Waals surface area contributed by atoms with E-state index in [-0.39, 0.29) is 11.2 Å². The van der Waals surface area contributed by atoms with Crippen LogP contribution in [0, 0.1) is 0 Å². The molecular weight excluding hydrogens is 324 g/mol. The molecule has 0 fully saturated rings. The highest BCUT2D eigenvalue weighted by Gasteiger charge is 2.32. The second kappa shape index (κ2) is 6.48. The van der Waals surface area contributed by atoms with Gasteiger partial charge in [-0.25, -0.2) is 0 Å². The van der Waals surface area contributed by atoms with E-state index in [9.17, 15) is 8.42 Å². The summed E-state index contributed by atoms with van der Waals surface area (Å²) < 4.78 is 35.3. The van der Waals surface area contributed by atoms with Crippen molar-refractivity contribution < 1.29 is 17.3 Å². The molecule has 5 heteroatoms. The van der Waals surface area contributed by atoms with E-state index < -0.39 is 10.1 Å². The minimum atomic E-state index is -3.60. The lowest BCUT2D eigenvalue weighted by Gasteiger charge is -2.16. The van der Waals surface area contributed by atoms with Gasteiger partial charge in [0.05, 0.1) is 12.4 Å². The van der Waals surface area contributed by atoms with Gasteiger partial charge in [-0.3, -0.25) is 0 Å². The van der Waals surface area contributed by atoms with Gasteiger partial charge in [0.2, 0.25) is 0 Å². The van der Waals surface area contributed by atoms with Crippen LogP contribution >= 0.6 is 0 Å². The first-order valence-electron chi connectivity index (χ1n) is 8.09. The van der Waals surface area contributed by atoms with E-state index in [2.05, 4.69) is 13.8 Å². The number of benzene rings is 2. The fourth-order valence-electron chi connectivity index (χ4n) is 2.84. The Bertz CT molecular complexity index is 811. The van der Waals surface area contributed by atoms with Crippen molar-refractivity contribution in [3.05, 3.63) is 59.7 Å². The van der Waals surface area contributed by atoms with E-state index in [1.54, 1.807) is 18.2 Å². The zero-order valence-electron chi connectivity index (χ0n) is 14.0. The number of fused-ring (bicyclic) bond motifs is 1. The van der Waals surface area contributed by atoms with Gasteiger partial charge in [0.1, 0.15) is 11.5 Å². The maximum Gasteiger partial charge on any atom is 0.309 e. The Balaban J connectivity index is 1.63. The van der Waals surface area contributed by atoms with Crippen molar-refractivity contribution in [1.82, 2.24) is 0 Å². The van der Waals surface area contributed by atoms with Crippen LogP contribution in [-0.2, 0) is 22.0 Å². The van der Waals surface area contributed by atoms with Crippen molar-refractivity contribution in [2.45, 2.75) is 32.1 Å². The molecule has 0 bridgehead atoms. The quantitative estimate of drug-likeness (QED) is 0.749. The fourth-order valence-corrected chi connectivity index (χ4v) is 3.82. The summed E-state index contributed by atoms with van der Waals surface area (Å²) >= 11 is 0. The molecule has 0 aromatic heterocycles. The van der Waals surface area contributed by atoms with Crippen molar-refractivity contribution in [2.24, 2.45) is 0 Å². The van der Waals surface area contributed by atoms with Gasteiger partial charge in [-0.2, -0.15) is 8.42 Å². The Morgan fingerprint density at radius 3 is 2.62 bits per heavy atom. The smallest absolute Gasteiger partial charge is 0.309 e. The molecule has 0 atom stereocenters. The van der Waals surface area contributed by atoms with Crippen molar-refractivity contribution in [3.63, 3.8) is 0 Å².